The van der Waals surface area contributed by atoms with Crippen molar-refractivity contribution < 1.29 is 14.6 Å². The molecule has 0 amide bonds. The van der Waals surface area contributed by atoms with Gasteiger partial charge in [-0.25, -0.2) is 4.98 Å². The third-order valence-electron chi connectivity index (χ3n) is 2.88. The molecule has 1 atom stereocenters. The first-order valence-corrected chi connectivity index (χ1v) is 6.91. The number of carbonyl (C=O) groups is 1. The molecule has 5 nitrogen and oxygen atoms in total. The molecule has 1 aromatic heterocycles. The van der Waals surface area contributed by atoms with Gasteiger partial charge >= 0.3 is 5.97 Å². The van der Waals surface area contributed by atoms with Gasteiger partial charge in [-0.1, -0.05) is 23.7 Å². The number of carboxylic acid groups (broad SMARTS) is 1. The van der Waals surface area contributed by atoms with Crippen LogP contribution in [0.15, 0.2) is 36.5 Å². The van der Waals surface area contributed by atoms with Crippen LogP contribution in [-0.4, -0.2) is 27.7 Å². The maximum Gasteiger partial charge on any atom is 0.314 e. The fourth-order valence-electron chi connectivity index (χ4n) is 1.94. The zero-order chi connectivity index (χ0) is 15.2. The molecular formula is C15H15ClN2O3. The SMILES string of the molecule is CCOc1ccnc(C(Cc2cccc(Cl)c2)C(=O)O)n1. The summed E-state index contributed by atoms with van der Waals surface area (Å²) in [7, 11) is 0. The molecule has 1 N–H and O–H groups in total. The number of rotatable bonds is 6. The van der Waals surface area contributed by atoms with Gasteiger partial charge < -0.3 is 9.84 Å². The Hall–Kier alpha value is -2.14. The second-order valence-electron chi connectivity index (χ2n) is 4.41. The van der Waals surface area contributed by atoms with Gasteiger partial charge in [-0.15, -0.1) is 0 Å². The van der Waals surface area contributed by atoms with E-state index in [1.165, 1.54) is 6.20 Å². The van der Waals surface area contributed by atoms with Crippen molar-refractivity contribution in [3.63, 3.8) is 0 Å². The number of ether oxygens (including phenoxy) is 1. The van der Waals surface area contributed by atoms with Gasteiger partial charge in [-0.05, 0) is 31.0 Å². The number of hydrogen-bond donors (Lipinski definition) is 1. The zero-order valence-electron chi connectivity index (χ0n) is 11.5. The van der Waals surface area contributed by atoms with Gasteiger partial charge in [0.25, 0.3) is 0 Å². The summed E-state index contributed by atoms with van der Waals surface area (Å²) in [6, 6.07) is 8.70. The molecular weight excluding hydrogens is 292 g/mol. The molecule has 0 fully saturated rings. The van der Waals surface area contributed by atoms with Crippen molar-refractivity contribution in [2.45, 2.75) is 19.3 Å². The van der Waals surface area contributed by atoms with Crippen LogP contribution >= 0.6 is 11.6 Å². The predicted molar refractivity (Wildman–Crippen MR) is 78.7 cm³/mol. The molecule has 1 aromatic carbocycles. The largest absolute Gasteiger partial charge is 0.481 e. The molecule has 21 heavy (non-hydrogen) atoms. The fourth-order valence-corrected chi connectivity index (χ4v) is 2.15. The van der Waals surface area contributed by atoms with E-state index in [1.807, 2.05) is 13.0 Å². The topological polar surface area (TPSA) is 72.3 Å². The smallest absolute Gasteiger partial charge is 0.314 e. The van der Waals surface area contributed by atoms with Gasteiger partial charge in [0.05, 0.1) is 6.61 Å². The highest BCUT2D eigenvalue weighted by Gasteiger charge is 2.24. The van der Waals surface area contributed by atoms with E-state index in [2.05, 4.69) is 9.97 Å². The van der Waals surface area contributed by atoms with E-state index in [0.717, 1.165) is 5.56 Å². The van der Waals surface area contributed by atoms with Crippen molar-refractivity contribution in [3.05, 3.63) is 52.9 Å². The first kappa shape index (κ1) is 15.3. The molecule has 0 spiro atoms. The molecule has 1 heterocycles. The quantitative estimate of drug-likeness (QED) is 0.888. The molecule has 1 unspecified atom stereocenters. The van der Waals surface area contributed by atoms with E-state index in [4.69, 9.17) is 16.3 Å². The highest BCUT2D eigenvalue weighted by Crippen LogP contribution is 2.21. The second-order valence-corrected chi connectivity index (χ2v) is 4.85. The Morgan fingerprint density at radius 2 is 2.24 bits per heavy atom. The van der Waals surface area contributed by atoms with E-state index in [-0.39, 0.29) is 12.2 Å². The summed E-state index contributed by atoms with van der Waals surface area (Å²) in [6.07, 6.45) is 1.77. The number of carboxylic acids is 1. The Morgan fingerprint density at radius 3 is 2.90 bits per heavy atom. The third kappa shape index (κ3) is 4.16. The molecule has 2 aromatic rings. The lowest BCUT2D eigenvalue weighted by Crippen LogP contribution is -2.17. The monoisotopic (exact) mass is 306 g/mol. The lowest BCUT2D eigenvalue weighted by Gasteiger charge is -2.12. The molecule has 0 bridgehead atoms. The predicted octanol–water partition coefficient (Wildman–Crippen LogP) is 2.94. The first-order chi connectivity index (χ1) is 10.1. The normalized spacial score (nSPS) is 11.9. The van der Waals surface area contributed by atoms with E-state index in [0.29, 0.717) is 17.5 Å². The Bertz CT molecular complexity index is 634. The molecule has 0 radical (unpaired) electrons. The van der Waals surface area contributed by atoms with Gasteiger partial charge in [0, 0.05) is 17.3 Å². The summed E-state index contributed by atoms with van der Waals surface area (Å²) >= 11 is 5.92. The lowest BCUT2D eigenvalue weighted by molar-refractivity contribution is -0.139. The van der Waals surface area contributed by atoms with E-state index < -0.39 is 11.9 Å². The molecule has 0 saturated heterocycles. The van der Waals surface area contributed by atoms with Crippen LogP contribution in [-0.2, 0) is 11.2 Å². The van der Waals surface area contributed by atoms with E-state index in [9.17, 15) is 9.90 Å². The highest BCUT2D eigenvalue weighted by molar-refractivity contribution is 6.30. The van der Waals surface area contributed by atoms with Crippen LogP contribution in [0.4, 0.5) is 0 Å². The highest BCUT2D eigenvalue weighted by atomic mass is 35.5. The van der Waals surface area contributed by atoms with Crippen molar-refractivity contribution in [2.75, 3.05) is 6.61 Å². The van der Waals surface area contributed by atoms with Crippen LogP contribution in [0.25, 0.3) is 0 Å². The molecule has 0 saturated carbocycles. The van der Waals surface area contributed by atoms with Crippen molar-refractivity contribution in [2.24, 2.45) is 0 Å². The van der Waals surface area contributed by atoms with Crippen LogP contribution in [0.2, 0.25) is 5.02 Å². The summed E-state index contributed by atoms with van der Waals surface area (Å²) in [5.74, 6) is -1.22. The van der Waals surface area contributed by atoms with Crippen molar-refractivity contribution in [1.29, 1.82) is 0 Å². The summed E-state index contributed by atoms with van der Waals surface area (Å²) in [5, 5.41) is 9.99. The number of nitrogens with zero attached hydrogens (tertiary/aromatic N) is 2. The van der Waals surface area contributed by atoms with Crippen LogP contribution in [0.3, 0.4) is 0 Å². The Balaban J connectivity index is 2.26. The first-order valence-electron chi connectivity index (χ1n) is 6.53. The second kappa shape index (κ2) is 7.04. The van der Waals surface area contributed by atoms with Crippen molar-refractivity contribution in [3.8, 4) is 5.88 Å². The molecule has 0 aliphatic rings. The third-order valence-corrected chi connectivity index (χ3v) is 3.11. The molecule has 0 aliphatic carbocycles. The summed E-state index contributed by atoms with van der Waals surface area (Å²) in [4.78, 5) is 19.7. The lowest BCUT2D eigenvalue weighted by atomic mass is 9.98. The van der Waals surface area contributed by atoms with Crippen LogP contribution in [0, 0.1) is 0 Å². The van der Waals surface area contributed by atoms with E-state index >= 15 is 0 Å². The van der Waals surface area contributed by atoms with Crippen molar-refractivity contribution >= 4 is 17.6 Å². The number of benzene rings is 1. The molecule has 2 rings (SSSR count). The Kier molecular flexibility index (Phi) is 5.11. The fraction of sp³-hybridized carbons (Fsp3) is 0.267. The maximum atomic E-state index is 11.5. The van der Waals surface area contributed by atoms with Crippen LogP contribution in [0.1, 0.15) is 24.2 Å². The van der Waals surface area contributed by atoms with Crippen LogP contribution in [0.5, 0.6) is 5.88 Å². The van der Waals surface area contributed by atoms with Gasteiger partial charge in [0.1, 0.15) is 11.7 Å². The summed E-state index contributed by atoms with van der Waals surface area (Å²) in [5.41, 5.74) is 0.820. The minimum Gasteiger partial charge on any atom is -0.481 e. The summed E-state index contributed by atoms with van der Waals surface area (Å²) in [6.45, 7) is 2.30. The number of aromatic nitrogens is 2. The molecule has 6 heteroatoms. The Labute approximate surface area is 127 Å². The van der Waals surface area contributed by atoms with Gasteiger partial charge in [-0.3, -0.25) is 4.79 Å². The standard InChI is InChI=1S/C15H15ClN2O3/c1-2-21-13-6-7-17-14(18-13)12(15(19)20)9-10-4-3-5-11(16)8-10/h3-8,12H,2,9H2,1H3,(H,19,20). The Morgan fingerprint density at radius 1 is 1.43 bits per heavy atom. The maximum absolute atomic E-state index is 11.5. The molecule has 0 aliphatic heterocycles. The number of halogens is 1. The molecule has 110 valence electrons. The minimum absolute atomic E-state index is 0.230. The number of hydrogen-bond acceptors (Lipinski definition) is 4. The average molecular weight is 307 g/mol. The average Bonchev–Trinajstić information content (AvgIpc) is 2.45. The van der Waals surface area contributed by atoms with Crippen LogP contribution < -0.4 is 4.74 Å². The van der Waals surface area contributed by atoms with Gasteiger partial charge in [0.15, 0.2) is 0 Å². The van der Waals surface area contributed by atoms with E-state index in [1.54, 1.807) is 24.3 Å². The number of aliphatic carboxylic acids is 1. The van der Waals surface area contributed by atoms with Gasteiger partial charge in [0.2, 0.25) is 5.88 Å². The minimum atomic E-state index is -0.983. The van der Waals surface area contributed by atoms with Gasteiger partial charge in [-0.2, -0.15) is 4.98 Å². The zero-order valence-corrected chi connectivity index (χ0v) is 12.2. The summed E-state index contributed by atoms with van der Waals surface area (Å²) < 4.78 is 5.28. The van der Waals surface area contributed by atoms with Crippen molar-refractivity contribution in [1.82, 2.24) is 9.97 Å².